The molecule has 0 radical (unpaired) electrons. The number of nitrogens with zero attached hydrogens (tertiary/aromatic N) is 1. The Balaban J connectivity index is 1.70. The zero-order chi connectivity index (χ0) is 51.2. The lowest BCUT2D eigenvalue weighted by atomic mass is 9.78. The second-order valence-corrected chi connectivity index (χ2v) is 22.0. The van der Waals surface area contributed by atoms with Crippen LogP contribution in [-0.4, -0.2) is 140 Å². The van der Waals surface area contributed by atoms with Gasteiger partial charge in [-0.15, -0.1) is 0 Å². The Bertz CT molecular complexity index is 1900. The lowest BCUT2D eigenvalue weighted by molar-refractivity contribution is -0.265. The van der Waals surface area contributed by atoms with Gasteiger partial charge in [-0.25, -0.2) is 4.79 Å². The van der Waals surface area contributed by atoms with Crippen LogP contribution in [0.3, 0.4) is 0 Å². The van der Waals surface area contributed by atoms with Gasteiger partial charge in [0.05, 0.1) is 24.4 Å². The number of fused-ring (bicyclic) bond motifs is 3. The highest BCUT2D eigenvalue weighted by Crippen LogP contribution is 2.38. The number of ketones is 3. The number of ether oxygens (including phenoxy) is 6. The Morgan fingerprint density at radius 3 is 2.26 bits per heavy atom. The summed E-state index contributed by atoms with van der Waals surface area (Å²) in [4.78, 5) is 72.2. The van der Waals surface area contributed by atoms with Crippen molar-refractivity contribution in [2.24, 2.45) is 35.5 Å². The van der Waals surface area contributed by atoms with Crippen LogP contribution in [0.1, 0.15) is 126 Å². The summed E-state index contributed by atoms with van der Waals surface area (Å²) >= 11 is 0. The molecule has 4 aliphatic rings. The van der Waals surface area contributed by atoms with Crippen molar-refractivity contribution in [3.63, 3.8) is 0 Å². The number of hydrogen-bond donors (Lipinski definition) is 2. The van der Waals surface area contributed by atoms with Crippen molar-refractivity contribution in [3.8, 4) is 0 Å². The second kappa shape index (κ2) is 27.5. The molecule has 1 amide bonds. The maximum Gasteiger partial charge on any atom is 0.363 e. The summed E-state index contributed by atoms with van der Waals surface area (Å²) in [6.07, 6.45) is 11.9. The van der Waals surface area contributed by atoms with E-state index in [0.717, 1.165) is 12.0 Å². The molecule has 4 rings (SSSR count). The van der Waals surface area contributed by atoms with Crippen LogP contribution in [0.2, 0.25) is 0 Å². The Morgan fingerprint density at radius 2 is 1.59 bits per heavy atom. The maximum atomic E-state index is 14.5. The number of hydrogen-bond acceptors (Lipinski definition) is 14. The smallest absolute Gasteiger partial charge is 0.363 e. The SMILES string of the molecule is CO[C@H]1C[C@@H]2CC[C@@H](C)[C@@](O)(O2)C(=O)C(=O)N2CCCC[C@H]2C(=O)OC([C@H](C)C[C@@H]2CCC(OC[P+](C)=O)[C@H](OC)C2)CC(=O)[C@H](C)/C=C(\C)[C@@H](O)[C@@H](OC)C(=O)[C@H](C)C[C@H](C)/C=C/C=CC=C1C. The van der Waals surface area contributed by atoms with Crippen LogP contribution in [-0.2, 0) is 57.0 Å². The van der Waals surface area contributed by atoms with E-state index in [4.69, 9.17) is 28.4 Å². The Hall–Kier alpha value is -3.27. The van der Waals surface area contributed by atoms with Crippen molar-refractivity contribution < 1.29 is 67.2 Å². The number of amides is 1. The van der Waals surface area contributed by atoms with E-state index in [0.29, 0.717) is 63.4 Å². The average Bonchev–Trinajstić information content (AvgIpc) is 3.32. The van der Waals surface area contributed by atoms with Gasteiger partial charge in [-0.3, -0.25) is 19.2 Å². The fourth-order valence-corrected chi connectivity index (χ4v) is 10.9. The van der Waals surface area contributed by atoms with E-state index < -0.39 is 85.6 Å². The summed E-state index contributed by atoms with van der Waals surface area (Å²) in [6.45, 7) is 14.4. The lowest BCUT2D eigenvalue weighted by Gasteiger charge is -2.42. The molecule has 69 heavy (non-hydrogen) atoms. The number of piperidine rings is 1. The van der Waals surface area contributed by atoms with Crippen molar-refractivity contribution in [2.45, 2.75) is 180 Å². The molecule has 3 aliphatic heterocycles. The lowest BCUT2D eigenvalue weighted by Crippen LogP contribution is -2.61. The summed E-state index contributed by atoms with van der Waals surface area (Å²) in [5.74, 6) is -8.03. The number of aliphatic hydroxyl groups excluding tert-OH is 1. The molecule has 0 aromatic carbocycles. The standard InChI is InChI=1S/C53H83NO14P/c1-32-17-13-12-14-18-33(2)44(63-8)29-40-22-20-38(7)53(61,68-40)50(58)51(59)54-24-16-15-19-41(54)52(60)67-45(35(4)27-39-21-23-43(46(28-39)64-9)66-31-69(11)62)30-42(55)34(3)26-37(6)48(57)49(65-10)47(56)36(5)25-32/h12-14,17-18,26,32,34-36,38-41,43-46,48-49,57,61H,15-16,19-25,27-31H2,1-11H3/q+1/b14-12?,17-13+,33-18?,37-26+/t32-,34-,35-,36-,38-,39+,40+,41+,43?,44+,45?,46-,48-,49+,53-/m1/s1. The Labute approximate surface area is 411 Å². The van der Waals surface area contributed by atoms with E-state index in [9.17, 15) is 38.8 Å². The fraction of sp³-hybridized carbons (Fsp3) is 0.755. The fourth-order valence-electron chi connectivity index (χ4n) is 10.5. The number of carbonyl (C=O) groups excluding carboxylic acids is 5. The minimum Gasteiger partial charge on any atom is -0.460 e. The van der Waals surface area contributed by atoms with Crippen molar-refractivity contribution in [1.82, 2.24) is 4.90 Å². The van der Waals surface area contributed by atoms with Crippen LogP contribution >= 0.6 is 7.80 Å². The molecule has 388 valence electrons. The predicted molar refractivity (Wildman–Crippen MR) is 262 cm³/mol. The van der Waals surface area contributed by atoms with Gasteiger partial charge in [0.15, 0.2) is 5.78 Å². The zero-order valence-electron chi connectivity index (χ0n) is 43.1. The monoisotopic (exact) mass is 989 g/mol. The highest BCUT2D eigenvalue weighted by atomic mass is 31.1. The molecule has 3 unspecified atom stereocenters. The Kier molecular flexibility index (Phi) is 23.3. The summed E-state index contributed by atoms with van der Waals surface area (Å²) in [6, 6.07) is -1.15. The largest absolute Gasteiger partial charge is 0.460 e. The van der Waals surface area contributed by atoms with Gasteiger partial charge in [0, 0.05) is 58.5 Å². The first-order valence-electron chi connectivity index (χ1n) is 25.1. The predicted octanol–water partition coefficient (Wildman–Crippen LogP) is 7.62. The maximum absolute atomic E-state index is 14.5. The third-order valence-corrected chi connectivity index (χ3v) is 15.4. The second-order valence-electron chi connectivity index (χ2n) is 20.5. The number of allylic oxidation sites excluding steroid dienone is 6. The van der Waals surface area contributed by atoms with Crippen LogP contribution in [0.5, 0.6) is 0 Å². The van der Waals surface area contributed by atoms with Gasteiger partial charge in [-0.1, -0.05) is 75.6 Å². The van der Waals surface area contributed by atoms with Crippen LogP contribution < -0.4 is 0 Å². The topological polar surface area (TPSA) is 201 Å². The minimum atomic E-state index is -2.44. The number of aliphatic hydroxyl groups is 2. The number of rotatable bonds is 9. The number of carbonyl (C=O) groups is 5. The van der Waals surface area contributed by atoms with E-state index in [-0.39, 0.29) is 67.3 Å². The van der Waals surface area contributed by atoms with Gasteiger partial charge in [0.2, 0.25) is 12.1 Å². The molecule has 16 atom stereocenters. The highest BCUT2D eigenvalue weighted by molar-refractivity contribution is 7.43. The summed E-state index contributed by atoms with van der Waals surface area (Å²) in [5, 5.41) is 23.5. The third kappa shape index (κ3) is 16.1. The molecule has 16 heteroatoms. The molecule has 15 nitrogen and oxygen atoms in total. The molecule has 3 fully saturated rings. The van der Waals surface area contributed by atoms with E-state index in [1.807, 2.05) is 58.1 Å². The van der Waals surface area contributed by atoms with Crippen molar-refractivity contribution in [3.05, 3.63) is 47.6 Å². The van der Waals surface area contributed by atoms with E-state index >= 15 is 0 Å². The molecule has 1 saturated carbocycles. The summed E-state index contributed by atoms with van der Waals surface area (Å²) < 4.78 is 47.5. The average molecular weight is 989 g/mol. The summed E-state index contributed by atoms with van der Waals surface area (Å²) in [7, 11) is 3.09. The minimum absolute atomic E-state index is 0.0133. The first-order valence-corrected chi connectivity index (χ1v) is 27.0. The first kappa shape index (κ1) is 58.3. The Morgan fingerprint density at radius 1 is 0.870 bits per heavy atom. The number of Topliss-reactive ketones (excluding diaryl/α,β-unsaturated/α-hetero) is 3. The number of cyclic esters (lactones) is 1. The van der Waals surface area contributed by atoms with E-state index in [1.165, 1.54) is 12.0 Å². The number of esters is 1. The molecule has 1 aliphatic carbocycles. The molecule has 2 saturated heterocycles. The molecule has 0 spiro atoms. The molecule has 0 aromatic heterocycles. The van der Waals surface area contributed by atoms with Gasteiger partial charge in [0.1, 0.15) is 36.8 Å². The van der Waals surface area contributed by atoms with Crippen LogP contribution in [0, 0.1) is 35.5 Å². The van der Waals surface area contributed by atoms with Gasteiger partial charge >= 0.3 is 13.8 Å². The third-order valence-electron chi connectivity index (χ3n) is 14.9. The van der Waals surface area contributed by atoms with Crippen LogP contribution in [0.4, 0.5) is 0 Å². The highest BCUT2D eigenvalue weighted by Gasteiger charge is 2.53. The van der Waals surface area contributed by atoms with Crippen molar-refractivity contribution in [1.29, 1.82) is 0 Å². The molecule has 2 bridgehead atoms. The normalized spacial score (nSPS) is 37.8. The van der Waals surface area contributed by atoms with Gasteiger partial charge in [0.25, 0.3) is 11.7 Å². The molecule has 2 N–H and O–H groups in total. The molecular weight excluding hydrogens is 906 g/mol. The van der Waals surface area contributed by atoms with Gasteiger partial charge in [-0.05, 0) is 107 Å². The van der Waals surface area contributed by atoms with Crippen molar-refractivity contribution in [2.75, 3.05) is 40.9 Å². The zero-order valence-corrected chi connectivity index (χ0v) is 44.0. The van der Waals surface area contributed by atoms with E-state index in [2.05, 4.69) is 0 Å². The van der Waals surface area contributed by atoms with Crippen molar-refractivity contribution >= 4 is 37.0 Å². The number of methoxy groups -OCH3 is 3. The molecular formula is C53H83NO14P+. The van der Waals surface area contributed by atoms with Crippen LogP contribution in [0.15, 0.2) is 47.6 Å². The van der Waals surface area contributed by atoms with E-state index in [1.54, 1.807) is 47.7 Å². The molecule has 0 aromatic rings. The van der Waals surface area contributed by atoms with Crippen LogP contribution in [0.25, 0.3) is 0 Å². The quantitative estimate of drug-likeness (QED) is 0.0989. The molecule has 3 heterocycles. The first-order chi connectivity index (χ1) is 32.6. The van der Waals surface area contributed by atoms with Gasteiger partial charge in [-0.2, -0.15) is 0 Å². The summed E-state index contributed by atoms with van der Waals surface area (Å²) in [5.41, 5.74) is 1.26. The van der Waals surface area contributed by atoms with Gasteiger partial charge < -0.3 is 43.5 Å².